The van der Waals surface area contributed by atoms with Crippen molar-refractivity contribution in [3.63, 3.8) is 0 Å². The zero-order valence-corrected chi connectivity index (χ0v) is 38.3. The Morgan fingerprint density at radius 2 is 1.08 bits per heavy atom. The van der Waals surface area contributed by atoms with Crippen LogP contribution in [0.25, 0.3) is 22.1 Å². The van der Waals surface area contributed by atoms with E-state index in [1.165, 1.54) is 78.4 Å². The van der Waals surface area contributed by atoms with Crippen molar-refractivity contribution in [2.45, 2.75) is 115 Å². The minimum Gasteiger partial charge on any atom is -0.381 e. The second kappa shape index (κ2) is 24.9. The smallest absolute Gasteiger partial charge is 0.329 e. The Hall–Kier alpha value is -5.23. The summed E-state index contributed by atoms with van der Waals surface area (Å²) in [6.07, 6.45) is 15.1. The Labute approximate surface area is 380 Å². The maximum absolute atomic E-state index is 12.8. The monoisotopic (exact) mass is 901 g/mol. The Balaban J connectivity index is 0.000000193. The van der Waals surface area contributed by atoms with E-state index in [9.17, 15) is 33.6 Å². The van der Waals surface area contributed by atoms with E-state index in [2.05, 4.69) is 20.9 Å². The number of rotatable bonds is 17. The van der Waals surface area contributed by atoms with Crippen LogP contribution in [0.3, 0.4) is 0 Å². The first-order valence-electron chi connectivity index (χ1n) is 23.7. The molecule has 0 radical (unpaired) electrons. The van der Waals surface area contributed by atoms with Crippen LogP contribution in [0.15, 0.2) is 46.0 Å². The fraction of sp³-hybridized carbons (Fsp3) is 0.604. The van der Waals surface area contributed by atoms with Gasteiger partial charge in [-0.15, -0.1) is 0 Å². The molecule has 2 unspecified atom stereocenters. The summed E-state index contributed by atoms with van der Waals surface area (Å²) in [6, 6.07) is 10.4. The first-order chi connectivity index (χ1) is 31.6. The van der Waals surface area contributed by atoms with Crippen molar-refractivity contribution in [1.29, 1.82) is 0 Å². The van der Waals surface area contributed by atoms with Gasteiger partial charge in [-0.1, -0.05) is 25.0 Å². The summed E-state index contributed by atoms with van der Waals surface area (Å²) in [4.78, 5) is 85.7. The number of likely N-dealkylation sites (tertiary alicyclic amines) is 1. The van der Waals surface area contributed by atoms with E-state index in [-0.39, 0.29) is 36.0 Å². The molecule has 17 heteroatoms. The van der Waals surface area contributed by atoms with Gasteiger partial charge in [0, 0.05) is 59.7 Å². The van der Waals surface area contributed by atoms with Gasteiger partial charge in [0.25, 0.3) is 0 Å². The van der Waals surface area contributed by atoms with Gasteiger partial charge in [-0.2, -0.15) is 0 Å². The van der Waals surface area contributed by atoms with Crippen LogP contribution < -0.4 is 27.3 Å². The lowest BCUT2D eigenvalue weighted by molar-refractivity contribution is -0.137. The van der Waals surface area contributed by atoms with Crippen molar-refractivity contribution in [2.24, 2.45) is 14.1 Å². The van der Waals surface area contributed by atoms with Crippen molar-refractivity contribution in [2.75, 3.05) is 59.2 Å². The summed E-state index contributed by atoms with van der Waals surface area (Å²) in [5.74, 6) is -1.42. The molecule has 6 heterocycles. The van der Waals surface area contributed by atoms with Crippen LogP contribution in [0.5, 0.6) is 0 Å². The van der Waals surface area contributed by atoms with E-state index in [0.29, 0.717) is 38.0 Å². The number of fused-ring (bicyclic) bond motifs is 2. The summed E-state index contributed by atoms with van der Waals surface area (Å²) in [6.45, 7) is 8.64. The van der Waals surface area contributed by atoms with Gasteiger partial charge < -0.3 is 24.5 Å². The molecule has 0 spiro atoms. The first kappa shape index (κ1) is 49.2. The van der Waals surface area contributed by atoms with Crippen molar-refractivity contribution in [3.8, 4) is 0 Å². The van der Waals surface area contributed by atoms with Crippen LogP contribution in [-0.2, 0) is 60.4 Å². The summed E-state index contributed by atoms with van der Waals surface area (Å²) in [7, 11) is 3.40. The van der Waals surface area contributed by atoms with Crippen molar-refractivity contribution in [3.05, 3.63) is 68.5 Å². The zero-order chi connectivity index (χ0) is 46.1. The minimum absolute atomic E-state index is 0.224. The van der Waals surface area contributed by atoms with Crippen molar-refractivity contribution < 1.29 is 33.4 Å². The maximum Gasteiger partial charge on any atom is 0.329 e. The van der Waals surface area contributed by atoms with Gasteiger partial charge in [0.15, 0.2) is 0 Å². The van der Waals surface area contributed by atoms with Gasteiger partial charge in [0.2, 0.25) is 23.6 Å². The average Bonchev–Trinajstić information content (AvgIpc) is 3.71. The van der Waals surface area contributed by atoms with Gasteiger partial charge >= 0.3 is 11.4 Å². The number of ether oxygens (including phenoxy) is 2. The normalized spacial score (nSPS) is 19.3. The van der Waals surface area contributed by atoms with Gasteiger partial charge in [-0.05, 0) is 132 Å². The number of aryl methyl sites for hydroxylation is 4. The van der Waals surface area contributed by atoms with Crippen molar-refractivity contribution in [1.82, 2.24) is 39.1 Å². The van der Waals surface area contributed by atoms with Gasteiger partial charge in [-0.3, -0.25) is 48.1 Å². The third kappa shape index (κ3) is 13.4. The molecule has 8 rings (SSSR count). The molecule has 354 valence electrons. The molecule has 17 nitrogen and oxygen atoms in total. The molecule has 0 bridgehead atoms. The molecule has 2 aromatic heterocycles. The number of hydrogen-bond acceptors (Lipinski definition) is 11. The Bertz CT molecular complexity index is 2360. The molecule has 4 saturated heterocycles. The molecule has 4 aliphatic rings. The lowest BCUT2D eigenvalue weighted by Crippen LogP contribution is -2.44. The number of benzene rings is 2. The van der Waals surface area contributed by atoms with Gasteiger partial charge in [0.05, 0.1) is 28.7 Å². The summed E-state index contributed by atoms with van der Waals surface area (Å²) in [5, 5.41) is 7.94. The molecule has 4 aliphatic heterocycles. The summed E-state index contributed by atoms with van der Waals surface area (Å²) >= 11 is 0. The molecule has 0 aliphatic carbocycles. The van der Waals surface area contributed by atoms with Crippen LogP contribution >= 0.6 is 0 Å². The molecule has 0 saturated carbocycles. The van der Waals surface area contributed by atoms with Crippen LogP contribution in [0.4, 0.5) is 0 Å². The molecule has 4 fully saturated rings. The number of piperidine rings is 4. The largest absolute Gasteiger partial charge is 0.381 e. The first-order valence-corrected chi connectivity index (χ1v) is 23.7. The Morgan fingerprint density at radius 1 is 0.600 bits per heavy atom. The number of amides is 4. The minimum atomic E-state index is -0.670. The highest BCUT2D eigenvalue weighted by molar-refractivity contribution is 6.00. The third-order valence-corrected chi connectivity index (χ3v) is 12.7. The molecule has 4 aromatic rings. The van der Waals surface area contributed by atoms with Crippen LogP contribution in [0.2, 0.25) is 0 Å². The second-order valence-electron chi connectivity index (χ2n) is 17.5. The Morgan fingerprint density at radius 3 is 1.52 bits per heavy atom. The highest BCUT2D eigenvalue weighted by Gasteiger charge is 2.32. The van der Waals surface area contributed by atoms with E-state index in [4.69, 9.17) is 9.47 Å². The summed E-state index contributed by atoms with van der Waals surface area (Å²) in [5.41, 5.74) is 4.68. The maximum atomic E-state index is 12.8. The molecule has 3 N–H and O–H groups in total. The molecular formula is C48H68N8O9. The molecule has 65 heavy (non-hydrogen) atoms. The number of aromatic nitrogens is 4. The topological polar surface area (TPSA) is 197 Å². The second-order valence-corrected chi connectivity index (χ2v) is 17.5. The van der Waals surface area contributed by atoms with E-state index in [1.54, 1.807) is 18.7 Å². The fourth-order valence-electron chi connectivity index (χ4n) is 9.06. The molecule has 2 atom stereocenters. The Kier molecular flexibility index (Phi) is 18.8. The van der Waals surface area contributed by atoms with Crippen molar-refractivity contribution >= 4 is 52.0 Å². The molecule has 4 amide bonds. The molecule has 2 aromatic carbocycles. The van der Waals surface area contributed by atoms with E-state index in [1.807, 2.05) is 36.4 Å². The van der Waals surface area contributed by atoms with E-state index in [0.717, 1.165) is 85.8 Å². The average molecular weight is 901 g/mol. The van der Waals surface area contributed by atoms with Crippen LogP contribution in [0.1, 0.15) is 113 Å². The predicted octanol–water partition coefficient (Wildman–Crippen LogP) is 3.76. The van der Waals surface area contributed by atoms with Crippen LogP contribution in [-0.4, -0.2) is 112 Å². The lowest BCUT2D eigenvalue weighted by atomic mass is 10.1. The van der Waals surface area contributed by atoms with Gasteiger partial charge in [-0.25, -0.2) is 9.59 Å². The number of carbonyl (C=O) groups is 5. The number of imidazole rings is 2. The number of carbonyl (C=O) groups excluding carboxylic acids is 5. The highest BCUT2D eigenvalue weighted by Crippen LogP contribution is 2.26. The fourth-order valence-corrected chi connectivity index (χ4v) is 9.06. The predicted molar refractivity (Wildman–Crippen MR) is 248 cm³/mol. The lowest BCUT2D eigenvalue weighted by Gasteiger charge is -2.26. The van der Waals surface area contributed by atoms with Gasteiger partial charge in [0.1, 0.15) is 18.4 Å². The van der Waals surface area contributed by atoms with E-state index < -0.39 is 23.9 Å². The number of nitrogens with one attached hydrogen (secondary N) is 3. The molecular weight excluding hydrogens is 833 g/mol. The van der Waals surface area contributed by atoms with E-state index >= 15 is 0 Å². The zero-order valence-electron chi connectivity index (χ0n) is 38.3. The number of aldehydes is 1. The highest BCUT2D eigenvalue weighted by atomic mass is 16.5. The standard InChI is InChI=1S/C24H34N4O4.C19H23N3O5.C5H11N/c1-26-21-17-18(7-5-15-32-16-6-14-27-12-3-2-4-13-27)8-9-19(21)28(24(26)31)20-10-11-22(29)25-23(20)30;1-21-16-12-13(4-2-10-27-11-3-9-23)5-6-14(16)22(19(21)26)15-7-8-17(24)20-18(15)25;1-2-4-6-5-3-1/h8-9,17,20H,2-7,10-16H2,1H3,(H,25,29,30);5-6,9,12,15H,2-4,7-8,10-11H2,1H3,(H,20,24,25);6H,1-5H2. The number of hydrogen-bond donors (Lipinski definition) is 3. The SMILES string of the molecule is C1CCNCC1.Cn1c(=O)n(C2CCC(=O)NC2=O)c2ccc(CCCOCCC=O)cc21.Cn1c(=O)n(C2CCC(=O)NC2=O)c2ccc(CCCOCCCN3CCCCC3)cc21. The van der Waals surface area contributed by atoms with Crippen LogP contribution in [0, 0.1) is 0 Å². The third-order valence-electron chi connectivity index (χ3n) is 12.7. The quantitative estimate of drug-likeness (QED) is 0.0793. The number of imide groups is 2. The summed E-state index contributed by atoms with van der Waals surface area (Å²) < 4.78 is 17.3. The number of nitrogens with zero attached hydrogens (tertiary/aromatic N) is 5.